The lowest BCUT2D eigenvalue weighted by Crippen LogP contribution is -2.47. The number of amides is 1. The van der Waals surface area contributed by atoms with Crippen molar-refractivity contribution in [3.63, 3.8) is 0 Å². The number of rotatable bonds is 8. The Balaban J connectivity index is 0.00000392. The molecule has 28 heavy (non-hydrogen) atoms. The molecular weight excluding hydrogens is 467 g/mol. The Morgan fingerprint density at radius 3 is 2.46 bits per heavy atom. The van der Waals surface area contributed by atoms with Gasteiger partial charge < -0.3 is 19.9 Å². The zero-order chi connectivity index (χ0) is 19.5. The molecule has 1 aromatic carbocycles. The van der Waals surface area contributed by atoms with Gasteiger partial charge in [0.15, 0.2) is 5.96 Å². The minimum atomic E-state index is 0. The van der Waals surface area contributed by atoms with E-state index in [1.807, 2.05) is 49.1 Å². The molecule has 1 fully saturated rings. The van der Waals surface area contributed by atoms with Crippen molar-refractivity contribution < 1.29 is 9.53 Å². The Bertz CT molecular complexity index is 589. The van der Waals surface area contributed by atoms with Gasteiger partial charge in [0, 0.05) is 39.3 Å². The second-order valence-electron chi connectivity index (χ2n) is 6.71. The molecule has 0 bridgehead atoms. The number of likely N-dealkylation sites (N-methyl/N-ethyl adjacent to an activating group) is 1. The monoisotopic (exact) mass is 502 g/mol. The molecule has 0 spiro atoms. The lowest BCUT2D eigenvalue weighted by atomic mass is 10.1. The van der Waals surface area contributed by atoms with Crippen LogP contribution in [-0.4, -0.2) is 67.1 Å². The number of nitrogens with one attached hydrogen (secondary N) is 1. The fourth-order valence-corrected chi connectivity index (χ4v) is 3.32. The van der Waals surface area contributed by atoms with E-state index in [4.69, 9.17) is 4.74 Å². The number of guanidine groups is 1. The van der Waals surface area contributed by atoms with E-state index in [-0.39, 0.29) is 36.4 Å². The summed E-state index contributed by atoms with van der Waals surface area (Å²) in [5.41, 5.74) is 1.14. The lowest BCUT2D eigenvalue weighted by molar-refractivity contribution is -0.130. The van der Waals surface area contributed by atoms with Gasteiger partial charge in [-0.15, -0.1) is 24.0 Å². The predicted molar refractivity (Wildman–Crippen MR) is 125 cm³/mol. The van der Waals surface area contributed by atoms with Gasteiger partial charge in [-0.3, -0.25) is 4.79 Å². The molecule has 0 unspecified atom stereocenters. The summed E-state index contributed by atoms with van der Waals surface area (Å²) in [5.74, 6) is 0.887. The average molecular weight is 502 g/mol. The highest BCUT2D eigenvalue weighted by atomic mass is 127. The Labute approximate surface area is 186 Å². The van der Waals surface area contributed by atoms with Crippen LogP contribution in [0.5, 0.6) is 0 Å². The molecule has 1 aliphatic rings. The fraction of sp³-hybridized carbons (Fsp3) is 0.619. The third-order valence-corrected chi connectivity index (χ3v) is 4.79. The number of ether oxygens (including phenoxy) is 1. The number of carbonyl (C=O) groups is 1. The summed E-state index contributed by atoms with van der Waals surface area (Å²) in [6.45, 7) is 11.0. The van der Waals surface area contributed by atoms with Crippen LogP contribution in [0.1, 0.15) is 39.2 Å². The summed E-state index contributed by atoms with van der Waals surface area (Å²) in [4.78, 5) is 21.4. The van der Waals surface area contributed by atoms with Gasteiger partial charge in [0.25, 0.3) is 0 Å². The average Bonchev–Trinajstić information content (AvgIpc) is 2.71. The molecule has 1 N–H and O–H groups in total. The normalized spacial score (nSPS) is 15.1. The summed E-state index contributed by atoms with van der Waals surface area (Å²) in [7, 11) is 0. The molecule has 2 rings (SSSR count). The van der Waals surface area contributed by atoms with Gasteiger partial charge in [0.05, 0.1) is 6.10 Å². The molecular formula is C21H35IN4O2. The molecule has 1 amide bonds. The minimum Gasteiger partial charge on any atom is -0.378 e. The van der Waals surface area contributed by atoms with Gasteiger partial charge in [0.2, 0.25) is 5.91 Å². The van der Waals surface area contributed by atoms with E-state index in [1.165, 1.54) is 0 Å². The molecule has 1 heterocycles. The van der Waals surface area contributed by atoms with Crippen LogP contribution in [-0.2, 0) is 16.1 Å². The van der Waals surface area contributed by atoms with E-state index in [0.717, 1.165) is 50.6 Å². The van der Waals surface area contributed by atoms with Crippen molar-refractivity contribution in [3.8, 4) is 0 Å². The fourth-order valence-electron chi connectivity index (χ4n) is 3.32. The highest BCUT2D eigenvalue weighted by Gasteiger charge is 2.22. The number of halogens is 1. The highest BCUT2D eigenvalue weighted by molar-refractivity contribution is 14.0. The second-order valence-corrected chi connectivity index (χ2v) is 6.71. The van der Waals surface area contributed by atoms with Crippen LogP contribution in [0.4, 0.5) is 0 Å². The smallest absolute Gasteiger partial charge is 0.244 e. The van der Waals surface area contributed by atoms with Gasteiger partial charge in [-0.1, -0.05) is 30.3 Å². The van der Waals surface area contributed by atoms with Crippen LogP contribution < -0.4 is 5.32 Å². The summed E-state index contributed by atoms with van der Waals surface area (Å²) in [6, 6.07) is 10.1. The molecule has 0 aromatic heterocycles. The number of carbonyl (C=O) groups excluding carboxylic acids is 1. The molecule has 0 atom stereocenters. The first-order valence-electron chi connectivity index (χ1n) is 10.1. The number of hydrogen-bond acceptors (Lipinski definition) is 3. The molecule has 7 heteroatoms. The number of benzene rings is 1. The molecule has 1 saturated heterocycles. The molecule has 0 radical (unpaired) electrons. The Kier molecular flexibility index (Phi) is 12.1. The van der Waals surface area contributed by atoms with Crippen molar-refractivity contribution in [1.29, 1.82) is 0 Å². The molecule has 158 valence electrons. The van der Waals surface area contributed by atoms with Crippen LogP contribution in [0.15, 0.2) is 35.3 Å². The van der Waals surface area contributed by atoms with Crippen molar-refractivity contribution >= 4 is 35.8 Å². The Morgan fingerprint density at radius 1 is 1.21 bits per heavy atom. The van der Waals surface area contributed by atoms with Crippen LogP contribution >= 0.6 is 24.0 Å². The van der Waals surface area contributed by atoms with Gasteiger partial charge >= 0.3 is 0 Å². The van der Waals surface area contributed by atoms with Gasteiger partial charge in [-0.2, -0.15) is 0 Å². The van der Waals surface area contributed by atoms with Crippen LogP contribution in [0.2, 0.25) is 0 Å². The van der Waals surface area contributed by atoms with E-state index < -0.39 is 0 Å². The van der Waals surface area contributed by atoms with E-state index in [0.29, 0.717) is 19.2 Å². The van der Waals surface area contributed by atoms with Crippen molar-refractivity contribution in [1.82, 2.24) is 15.1 Å². The Morgan fingerprint density at radius 2 is 1.89 bits per heavy atom. The third kappa shape index (κ3) is 7.95. The highest BCUT2D eigenvalue weighted by Crippen LogP contribution is 2.14. The topological polar surface area (TPSA) is 57.2 Å². The first-order valence-corrected chi connectivity index (χ1v) is 10.1. The van der Waals surface area contributed by atoms with Gasteiger partial charge in [-0.05, 0) is 39.2 Å². The predicted octanol–water partition coefficient (Wildman–Crippen LogP) is 3.12. The largest absolute Gasteiger partial charge is 0.378 e. The third-order valence-electron chi connectivity index (χ3n) is 4.79. The maximum absolute atomic E-state index is 12.7. The first kappa shape index (κ1) is 24.7. The van der Waals surface area contributed by atoms with Crippen molar-refractivity contribution in [3.05, 3.63) is 35.9 Å². The Hall–Kier alpha value is -1.35. The molecule has 0 aliphatic carbocycles. The maximum Gasteiger partial charge on any atom is 0.244 e. The zero-order valence-corrected chi connectivity index (χ0v) is 19.7. The van der Waals surface area contributed by atoms with Crippen molar-refractivity contribution in [2.75, 3.05) is 39.3 Å². The van der Waals surface area contributed by atoms with E-state index in [2.05, 4.69) is 22.1 Å². The molecule has 1 aliphatic heterocycles. The van der Waals surface area contributed by atoms with Gasteiger partial charge in [-0.25, -0.2) is 4.99 Å². The summed E-state index contributed by atoms with van der Waals surface area (Å²) >= 11 is 0. The van der Waals surface area contributed by atoms with Crippen molar-refractivity contribution in [2.45, 2.75) is 46.3 Å². The molecule has 6 nitrogen and oxygen atoms in total. The standard InChI is InChI=1S/C21H34N4O2.HI/c1-4-22-21(25-14-12-19(13-15-25)27-6-3)23-16-20(26)24(5-2)17-18-10-8-7-9-11-18;/h7-11,19H,4-6,12-17H2,1-3H3,(H,22,23);1H. The molecule has 0 saturated carbocycles. The second kappa shape index (κ2) is 13.8. The molecule has 1 aromatic rings. The SMILES string of the molecule is CCNC(=NCC(=O)N(CC)Cc1ccccc1)N1CCC(OCC)CC1.I. The first-order chi connectivity index (χ1) is 13.2. The lowest BCUT2D eigenvalue weighted by Gasteiger charge is -2.34. The van der Waals surface area contributed by atoms with Gasteiger partial charge in [0.1, 0.15) is 6.54 Å². The van der Waals surface area contributed by atoms with E-state index >= 15 is 0 Å². The number of aliphatic imine (C=N–C) groups is 1. The number of likely N-dealkylation sites (tertiary alicyclic amines) is 1. The van der Waals surface area contributed by atoms with Crippen LogP contribution in [0.3, 0.4) is 0 Å². The van der Waals surface area contributed by atoms with Crippen molar-refractivity contribution in [2.24, 2.45) is 4.99 Å². The number of piperidine rings is 1. The van der Waals surface area contributed by atoms with E-state index in [1.54, 1.807) is 0 Å². The van der Waals surface area contributed by atoms with Crippen LogP contribution in [0, 0.1) is 0 Å². The van der Waals surface area contributed by atoms with Crippen LogP contribution in [0.25, 0.3) is 0 Å². The quantitative estimate of drug-likeness (QED) is 0.337. The minimum absolute atomic E-state index is 0. The summed E-state index contributed by atoms with van der Waals surface area (Å²) in [5, 5.41) is 3.33. The zero-order valence-electron chi connectivity index (χ0n) is 17.4. The number of nitrogens with zero attached hydrogens (tertiary/aromatic N) is 3. The summed E-state index contributed by atoms with van der Waals surface area (Å²) in [6.07, 6.45) is 2.35. The van der Waals surface area contributed by atoms with E-state index in [9.17, 15) is 4.79 Å². The summed E-state index contributed by atoms with van der Waals surface area (Å²) < 4.78 is 5.72. The maximum atomic E-state index is 12.7. The number of hydrogen-bond donors (Lipinski definition) is 1.